The van der Waals surface area contributed by atoms with Crippen LogP contribution in [0.3, 0.4) is 0 Å². The van der Waals surface area contributed by atoms with Crippen molar-refractivity contribution >= 4 is 11.6 Å². The Balaban J connectivity index is 2.33. The topological polar surface area (TPSA) is 35.2 Å². The van der Waals surface area contributed by atoms with Gasteiger partial charge in [-0.05, 0) is 34.9 Å². The van der Waals surface area contributed by atoms with Crippen molar-refractivity contribution in [1.82, 2.24) is 0 Å². The van der Waals surface area contributed by atoms with Crippen LogP contribution in [0.2, 0.25) is 5.02 Å². The Morgan fingerprint density at radius 1 is 1.18 bits per heavy atom. The van der Waals surface area contributed by atoms with E-state index in [9.17, 15) is 0 Å². The van der Waals surface area contributed by atoms with Crippen molar-refractivity contribution in [3.63, 3.8) is 0 Å². The fourth-order valence-electron chi connectivity index (χ4n) is 2.45. The van der Waals surface area contributed by atoms with Crippen molar-refractivity contribution in [3.8, 4) is 16.9 Å². The van der Waals surface area contributed by atoms with Crippen molar-refractivity contribution in [2.75, 3.05) is 7.11 Å². The predicted molar refractivity (Wildman–Crippen MR) is 69.5 cm³/mol. The molecule has 86 valence electrons. The highest BCUT2D eigenvalue weighted by molar-refractivity contribution is 6.30. The Hall–Kier alpha value is -1.51. The van der Waals surface area contributed by atoms with E-state index in [2.05, 4.69) is 0 Å². The molecule has 1 aliphatic carbocycles. The SMILES string of the molecule is COc1cccc2c1-c1ccc(Cl)cc1C2N. The summed E-state index contributed by atoms with van der Waals surface area (Å²) in [6.07, 6.45) is 0. The van der Waals surface area contributed by atoms with Gasteiger partial charge in [0.1, 0.15) is 5.75 Å². The minimum atomic E-state index is -0.117. The van der Waals surface area contributed by atoms with Crippen molar-refractivity contribution < 1.29 is 4.74 Å². The lowest BCUT2D eigenvalue weighted by Crippen LogP contribution is -2.07. The highest BCUT2D eigenvalue weighted by Crippen LogP contribution is 2.47. The molecule has 2 N–H and O–H groups in total. The molecule has 17 heavy (non-hydrogen) atoms. The zero-order chi connectivity index (χ0) is 12.0. The van der Waals surface area contributed by atoms with Gasteiger partial charge in [-0.25, -0.2) is 0 Å². The first-order valence-electron chi connectivity index (χ1n) is 5.44. The van der Waals surface area contributed by atoms with Gasteiger partial charge in [0.15, 0.2) is 0 Å². The molecule has 1 atom stereocenters. The molecule has 0 saturated carbocycles. The van der Waals surface area contributed by atoms with E-state index in [0.29, 0.717) is 5.02 Å². The van der Waals surface area contributed by atoms with E-state index < -0.39 is 0 Å². The Morgan fingerprint density at radius 3 is 2.76 bits per heavy atom. The molecule has 1 unspecified atom stereocenters. The van der Waals surface area contributed by atoms with Gasteiger partial charge < -0.3 is 10.5 Å². The molecule has 0 heterocycles. The van der Waals surface area contributed by atoms with Crippen LogP contribution in [0.5, 0.6) is 5.75 Å². The highest BCUT2D eigenvalue weighted by Gasteiger charge is 2.28. The molecule has 2 aromatic rings. The number of methoxy groups -OCH3 is 1. The quantitative estimate of drug-likeness (QED) is 0.836. The zero-order valence-electron chi connectivity index (χ0n) is 9.41. The number of hydrogen-bond acceptors (Lipinski definition) is 2. The molecule has 2 aromatic carbocycles. The summed E-state index contributed by atoms with van der Waals surface area (Å²) in [7, 11) is 1.68. The van der Waals surface area contributed by atoms with Crippen LogP contribution in [-0.2, 0) is 0 Å². The third kappa shape index (κ3) is 1.45. The first-order valence-corrected chi connectivity index (χ1v) is 5.82. The van der Waals surface area contributed by atoms with Crippen molar-refractivity contribution in [3.05, 3.63) is 52.5 Å². The van der Waals surface area contributed by atoms with E-state index in [1.165, 1.54) is 0 Å². The summed E-state index contributed by atoms with van der Waals surface area (Å²) in [5.74, 6) is 0.860. The lowest BCUT2D eigenvalue weighted by Gasteiger charge is -2.08. The summed E-state index contributed by atoms with van der Waals surface area (Å²) in [5, 5.41) is 0.714. The van der Waals surface area contributed by atoms with Gasteiger partial charge >= 0.3 is 0 Å². The fraction of sp³-hybridized carbons (Fsp3) is 0.143. The molecule has 1 aliphatic rings. The Morgan fingerprint density at radius 2 is 2.00 bits per heavy atom. The Kier molecular flexibility index (Phi) is 2.35. The van der Waals surface area contributed by atoms with Gasteiger partial charge in [0, 0.05) is 10.6 Å². The number of ether oxygens (including phenoxy) is 1. The zero-order valence-corrected chi connectivity index (χ0v) is 10.2. The maximum absolute atomic E-state index is 6.24. The molecule has 0 bridgehead atoms. The molecule has 0 amide bonds. The van der Waals surface area contributed by atoms with E-state index in [1.807, 2.05) is 36.4 Å². The van der Waals surface area contributed by atoms with E-state index in [-0.39, 0.29) is 6.04 Å². The van der Waals surface area contributed by atoms with E-state index in [0.717, 1.165) is 28.0 Å². The lowest BCUT2D eigenvalue weighted by atomic mass is 10.0. The predicted octanol–water partition coefficient (Wildman–Crippen LogP) is 3.38. The van der Waals surface area contributed by atoms with Crippen LogP contribution >= 0.6 is 11.6 Å². The largest absolute Gasteiger partial charge is 0.496 e. The average Bonchev–Trinajstić information content (AvgIpc) is 2.63. The van der Waals surface area contributed by atoms with Gasteiger partial charge in [-0.2, -0.15) is 0 Å². The number of nitrogens with two attached hydrogens (primary N) is 1. The smallest absolute Gasteiger partial charge is 0.127 e. The maximum atomic E-state index is 6.24. The standard InChI is InChI=1S/C14H12ClNO/c1-17-12-4-2-3-10-13(12)9-6-5-8(15)7-11(9)14(10)16/h2-7,14H,16H2,1H3. The molecule has 3 heteroatoms. The van der Waals surface area contributed by atoms with E-state index >= 15 is 0 Å². The van der Waals surface area contributed by atoms with Crippen LogP contribution in [0.25, 0.3) is 11.1 Å². The second kappa shape index (κ2) is 3.76. The Bertz CT molecular complexity index is 593. The number of hydrogen-bond donors (Lipinski definition) is 1. The molecular formula is C14H12ClNO. The van der Waals surface area contributed by atoms with Gasteiger partial charge in [0.25, 0.3) is 0 Å². The molecule has 0 aliphatic heterocycles. The van der Waals surface area contributed by atoms with Gasteiger partial charge in [-0.15, -0.1) is 0 Å². The maximum Gasteiger partial charge on any atom is 0.127 e. The number of benzene rings is 2. The van der Waals surface area contributed by atoms with Gasteiger partial charge in [0.05, 0.1) is 13.2 Å². The molecule has 0 spiro atoms. The van der Waals surface area contributed by atoms with Crippen LogP contribution in [-0.4, -0.2) is 7.11 Å². The summed E-state index contributed by atoms with van der Waals surface area (Å²) in [4.78, 5) is 0. The number of rotatable bonds is 1. The first-order chi connectivity index (χ1) is 8.22. The van der Waals surface area contributed by atoms with Crippen LogP contribution in [0.4, 0.5) is 0 Å². The fourth-order valence-corrected chi connectivity index (χ4v) is 2.63. The van der Waals surface area contributed by atoms with Gasteiger partial charge in [-0.1, -0.05) is 29.8 Å². The monoisotopic (exact) mass is 245 g/mol. The number of fused-ring (bicyclic) bond motifs is 3. The highest BCUT2D eigenvalue weighted by atomic mass is 35.5. The molecule has 0 fully saturated rings. The van der Waals surface area contributed by atoms with Crippen molar-refractivity contribution in [1.29, 1.82) is 0 Å². The van der Waals surface area contributed by atoms with Crippen molar-refractivity contribution in [2.45, 2.75) is 6.04 Å². The summed E-state index contributed by atoms with van der Waals surface area (Å²) in [5.41, 5.74) is 10.6. The average molecular weight is 246 g/mol. The summed E-state index contributed by atoms with van der Waals surface area (Å²) in [6, 6.07) is 11.7. The minimum absolute atomic E-state index is 0.117. The summed E-state index contributed by atoms with van der Waals surface area (Å²) in [6.45, 7) is 0. The molecule has 0 radical (unpaired) electrons. The summed E-state index contributed by atoms with van der Waals surface area (Å²) < 4.78 is 5.40. The second-order valence-electron chi connectivity index (χ2n) is 4.13. The van der Waals surface area contributed by atoms with Crippen molar-refractivity contribution in [2.24, 2.45) is 5.73 Å². The lowest BCUT2D eigenvalue weighted by molar-refractivity contribution is 0.416. The molecule has 3 rings (SSSR count). The number of halogens is 1. The first kappa shape index (κ1) is 10.6. The second-order valence-corrected chi connectivity index (χ2v) is 4.57. The van der Waals surface area contributed by atoms with E-state index in [4.69, 9.17) is 22.1 Å². The van der Waals surface area contributed by atoms with Gasteiger partial charge in [0.2, 0.25) is 0 Å². The van der Waals surface area contributed by atoms with E-state index in [1.54, 1.807) is 7.11 Å². The summed E-state index contributed by atoms with van der Waals surface area (Å²) >= 11 is 6.02. The minimum Gasteiger partial charge on any atom is -0.496 e. The molecule has 2 nitrogen and oxygen atoms in total. The molecule has 0 saturated heterocycles. The van der Waals surface area contributed by atoms with Crippen LogP contribution < -0.4 is 10.5 Å². The molecular weight excluding hydrogens is 234 g/mol. The third-order valence-electron chi connectivity index (χ3n) is 3.23. The third-order valence-corrected chi connectivity index (χ3v) is 3.47. The van der Waals surface area contributed by atoms with Crippen LogP contribution in [0, 0.1) is 0 Å². The van der Waals surface area contributed by atoms with Gasteiger partial charge in [-0.3, -0.25) is 0 Å². The van der Waals surface area contributed by atoms with Crippen LogP contribution in [0.1, 0.15) is 17.2 Å². The van der Waals surface area contributed by atoms with Crippen LogP contribution in [0.15, 0.2) is 36.4 Å². The molecule has 0 aromatic heterocycles. The Labute approximate surface area is 105 Å². The normalized spacial score (nSPS) is 16.5.